The Labute approximate surface area is 141 Å². The zero-order valence-electron chi connectivity index (χ0n) is 15.7. The van der Waals surface area contributed by atoms with Crippen molar-refractivity contribution in [2.75, 3.05) is 39.3 Å². The third kappa shape index (κ3) is 5.64. The number of ether oxygens (including phenoxy) is 1. The lowest BCUT2D eigenvalue weighted by Gasteiger charge is -2.40. The highest BCUT2D eigenvalue weighted by Gasteiger charge is 2.29. The lowest BCUT2D eigenvalue weighted by Crippen LogP contribution is -2.52. The van der Waals surface area contributed by atoms with E-state index in [9.17, 15) is 4.79 Å². The first-order chi connectivity index (χ1) is 10.8. The SMILES string of the molecule is CC(C)N1CCN(C2CCCN(C(=O)OC(C)(C)C)CC2)CC1. The summed E-state index contributed by atoms with van der Waals surface area (Å²) in [5.74, 6) is 0. The van der Waals surface area contributed by atoms with E-state index in [4.69, 9.17) is 4.74 Å². The predicted octanol–water partition coefficient (Wildman–Crippen LogP) is 2.80. The fourth-order valence-electron chi connectivity index (χ4n) is 3.57. The average molecular weight is 325 g/mol. The Balaban J connectivity index is 1.81. The molecule has 0 aromatic heterocycles. The number of hydrogen-bond acceptors (Lipinski definition) is 4. The number of likely N-dealkylation sites (tertiary alicyclic amines) is 1. The molecule has 0 aliphatic carbocycles. The van der Waals surface area contributed by atoms with E-state index in [1.54, 1.807) is 0 Å². The zero-order chi connectivity index (χ0) is 17.0. The second kappa shape index (κ2) is 7.84. The van der Waals surface area contributed by atoms with E-state index in [1.165, 1.54) is 19.5 Å². The summed E-state index contributed by atoms with van der Waals surface area (Å²) in [6, 6.07) is 1.27. The van der Waals surface area contributed by atoms with Crippen LogP contribution in [0.4, 0.5) is 4.79 Å². The summed E-state index contributed by atoms with van der Waals surface area (Å²) in [7, 11) is 0. The Kier molecular flexibility index (Phi) is 6.32. The first kappa shape index (κ1) is 18.5. The van der Waals surface area contributed by atoms with Crippen LogP contribution in [-0.4, -0.2) is 77.7 Å². The van der Waals surface area contributed by atoms with E-state index in [2.05, 4.69) is 23.6 Å². The van der Waals surface area contributed by atoms with Crippen molar-refractivity contribution < 1.29 is 9.53 Å². The molecule has 0 aromatic rings. The van der Waals surface area contributed by atoms with Gasteiger partial charge in [0.2, 0.25) is 0 Å². The van der Waals surface area contributed by atoms with Crippen molar-refractivity contribution in [3.05, 3.63) is 0 Å². The molecular weight excluding hydrogens is 290 g/mol. The van der Waals surface area contributed by atoms with Crippen LogP contribution in [0.1, 0.15) is 53.9 Å². The monoisotopic (exact) mass is 325 g/mol. The van der Waals surface area contributed by atoms with Gasteiger partial charge >= 0.3 is 6.09 Å². The maximum Gasteiger partial charge on any atom is 0.410 e. The van der Waals surface area contributed by atoms with Gasteiger partial charge in [0.25, 0.3) is 0 Å². The van der Waals surface area contributed by atoms with Crippen molar-refractivity contribution in [3.8, 4) is 0 Å². The largest absolute Gasteiger partial charge is 0.444 e. The van der Waals surface area contributed by atoms with Crippen LogP contribution in [-0.2, 0) is 4.74 Å². The average Bonchev–Trinajstić information content (AvgIpc) is 2.71. The Hall–Kier alpha value is -0.810. The van der Waals surface area contributed by atoms with Crippen LogP contribution in [0, 0.1) is 0 Å². The van der Waals surface area contributed by atoms with Crippen LogP contribution >= 0.6 is 0 Å². The third-order valence-corrected chi connectivity index (χ3v) is 4.94. The second-order valence-electron chi connectivity index (χ2n) is 8.22. The van der Waals surface area contributed by atoms with Gasteiger partial charge in [-0.25, -0.2) is 4.79 Å². The number of carbonyl (C=O) groups excluding carboxylic acids is 1. The van der Waals surface area contributed by atoms with Gasteiger partial charge in [-0.15, -0.1) is 0 Å². The van der Waals surface area contributed by atoms with Crippen molar-refractivity contribution in [2.24, 2.45) is 0 Å². The Morgan fingerprint density at radius 2 is 1.65 bits per heavy atom. The van der Waals surface area contributed by atoms with Gasteiger partial charge in [0.15, 0.2) is 0 Å². The number of amides is 1. The third-order valence-electron chi connectivity index (χ3n) is 4.94. The number of hydrogen-bond donors (Lipinski definition) is 0. The molecule has 2 saturated heterocycles. The summed E-state index contributed by atoms with van der Waals surface area (Å²) in [5.41, 5.74) is -0.407. The van der Waals surface area contributed by atoms with Crippen molar-refractivity contribution in [3.63, 3.8) is 0 Å². The van der Waals surface area contributed by atoms with E-state index >= 15 is 0 Å². The molecule has 0 spiro atoms. The maximum atomic E-state index is 12.3. The molecule has 2 heterocycles. The zero-order valence-corrected chi connectivity index (χ0v) is 15.7. The second-order valence-corrected chi connectivity index (χ2v) is 8.22. The standard InChI is InChI=1S/C18H35N3O2/c1-15(2)19-11-13-20(14-12-19)16-7-6-9-21(10-8-16)17(22)23-18(3,4)5/h15-16H,6-14H2,1-5H3. The summed E-state index contributed by atoms with van der Waals surface area (Å²) in [6.07, 6.45) is 3.19. The Morgan fingerprint density at radius 1 is 1.00 bits per heavy atom. The van der Waals surface area contributed by atoms with Gasteiger partial charge in [-0.3, -0.25) is 9.80 Å². The van der Waals surface area contributed by atoms with Crippen molar-refractivity contribution in [1.82, 2.24) is 14.7 Å². The van der Waals surface area contributed by atoms with Gasteiger partial charge in [-0.05, 0) is 53.9 Å². The molecule has 2 rings (SSSR count). The van der Waals surface area contributed by atoms with E-state index in [0.29, 0.717) is 12.1 Å². The Morgan fingerprint density at radius 3 is 2.22 bits per heavy atom. The fraction of sp³-hybridized carbons (Fsp3) is 0.944. The van der Waals surface area contributed by atoms with Gasteiger partial charge in [0, 0.05) is 51.4 Å². The minimum Gasteiger partial charge on any atom is -0.444 e. The fourth-order valence-corrected chi connectivity index (χ4v) is 3.57. The van der Waals surface area contributed by atoms with Crippen molar-refractivity contribution in [2.45, 2.75) is 71.6 Å². The molecule has 5 nitrogen and oxygen atoms in total. The summed E-state index contributed by atoms with van der Waals surface area (Å²) in [4.78, 5) is 19.3. The molecule has 1 unspecified atom stereocenters. The number of nitrogens with zero attached hydrogens (tertiary/aromatic N) is 3. The minimum atomic E-state index is -0.407. The van der Waals surface area contributed by atoms with E-state index in [-0.39, 0.29) is 6.09 Å². The van der Waals surface area contributed by atoms with Gasteiger partial charge < -0.3 is 9.64 Å². The van der Waals surface area contributed by atoms with Crippen LogP contribution in [0.5, 0.6) is 0 Å². The van der Waals surface area contributed by atoms with Crippen LogP contribution < -0.4 is 0 Å². The first-order valence-corrected chi connectivity index (χ1v) is 9.22. The Bertz CT molecular complexity index is 384. The van der Waals surface area contributed by atoms with Crippen LogP contribution in [0.3, 0.4) is 0 Å². The summed E-state index contributed by atoms with van der Waals surface area (Å²) < 4.78 is 5.52. The summed E-state index contributed by atoms with van der Waals surface area (Å²) in [5, 5.41) is 0. The molecule has 1 atom stereocenters. The van der Waals surface area contributed by atoms with Crippen LogP contribution in [0.25, 0.3) is 0 Å². The molecule has 2 aliphatic rings. The molecule has 0 N–H and O–H groups in total. The first-order valence-electron chi connectivity index (χ1n) is 9.22. The van der Waals surface area contributed by atoms with E-state index < -0.39 is 5.60 Å². The van der Waals surface area contributed by atoms with Gasteiger partial charge in [0.05, 0.1) is 0 Å². The van der Waals surface area contributed by atoms with Gasteiger partial charge in [0.1, 0.15) is 5.60 Å². The molecule has 0 saturated carbocycles. The highest BCUT2D eigenvalue weighted by atomic mass is 16.6. The molecule has 2 aliphatic heterocycles. The number of carbonyl (C=O) groups is 1. The molecule has 2 fully saturated rings. The topological polar surface area (TPSA) is 36.0 Å². The van der Waals surface area contributed by atoms with Crippen molar-refractivity contribution >= 4 is 6.09 Å². The number of piperazine rings is 1. The van der Waals surface area contributed by atoms with Crippen LogP contribution in [0.2, 0.25) is 0 Å². The summed E-state index contributed by atoms with van der Waals surface area (Å²) >= 11 is 0. The molecule has 0 bridgehead atoms. The molecular formula is C18H35N3O2. The molecule has 1 amide bonds. The van der Waals surface area contributed by atoms with Crippen LogP contribution in [0.15, 0.2) is 0 Å². The molecule has 5 heteroatoms. The molecule has 134 valence electrons. The minimum absolute atomic E-state index is 0.150. The molecule has 23 heavy (non-hydrogen) atoms. The van der Waals surface area contributed by atoms with Crippen molar-refractivity contribution in [1.29, 1.82) is 0 Å². The maximum absolute atomic E-state index is 12.3. The quantitative estimate of drug-likeness (QED) is 0.782. The lowest BCUT2D eigenvalue weighted by atomic mass is 10.1. The van der Waals surface area contributed by atoms with E-state index in [1.807, 2.05) is 25.7 Å². The number of rotatable bonds is 2. The highest BCUT2D eigenvalue weighted by molar-refractivity contribution is 5.68. The normalized spacial score (nSPS) is 25.5. The van der Waals surface area contributed by atoms with E-state index in [0.717, 1.165) is 39.0 Å². The molecule has 0 radical (unpaired) electrons. The predicted molar refractivity (Wildman–Crippen MR) is 93.7 cm³/mol. The highest BCUT2D eigenvalue weighted by Crippen LogP contribution is 2.20. The van der Waals surface area contributed by atoms with Gasteiger partial charge in [-0.2, -0.15) is 0 Å². The van der Waals surface area contributed by atoms with Gasteiger partial charge in [-0.1, -0.05) is 0 Å². The molecule has 0 aromatic carbocycles. The lowest BCUT2D eigenvalue weighted by molar-refractivity contribution is 0.0248. The smallest absolute Gasteiger partial charge is 0.410 e. The summed E-state index contributed by atoms with van der Waals surface area (Å²) in [6.45, 7) is 16.7.